The molecule has 128 valence electrons. The van der Waals surface area contributed by atoms with Crippen LogP contribution in [0.3, 0.4) is 0 Å². The normalized spacial score (nSPS) is 15.2. The Morgan fingerprint density at radius 3 is 2.68 bits per heavy atom. The zero-order chi connectivity index (χ0) is 17.6. The van der Waals surface area contributed by atoms with E-state index in [0.29, 0.717) is 18.7 Å². The summed E-state index contributed by atoms with van der Waals surface area (Å²) in [6.07, 6.45) is 3.36. The molecule has 4 nitrogen and oxygen atoms in total. The third-order valence-electron chi connectivity index (χ3n) is 3.99. The van der Waals surface area contributed by atoms with Crippen LogP contribution in [0.5, 0.6) is 5.75 Å². The summed E-state index contributed by atoms with van der Waals surface area (Å²) in [5.41, 5.74) is 3.83. The maximum atomic E-state index is 12.1. The Labute approximate surface area is 148 Å². The minimum Gasteiger partial charge on any atom is -0.494 e. The van der Waals surface area contributed by atoms with Crippen molar-refractivity contribution in [3.63, 3.8) is 0 Å². The molecule has 2 aromatic carbocycles. The number of amides is 1. The molecule has 0 saturated carbocycles. The average molecular weight is 334 g/mol. The highest BCUT2D eigenvalue weighted by Gasteiger charge is 2.19. The van der Waals surface area contributed by atoms with Crippen LogP contribution in [0.2, 0.25) is 0 Å². The number of nitrogens with zero attached hydrogens (tertiary/aromatic N) is 1. The van der Waals surface area contributed by atoms with Crippen molar-refractivity contribution in [3.8, 4) is 5.75 Å². The molecule has 2 aromatic rings. The Bertz CT molecular complexity index is 820. The molecule has 25 heavy (non-hydrogen) atoms. The minimum absolute atomic E-state index is 0.152. The third-order valence-corrected chi connectivity index (χ3v) is 3.99. The predicted octanol–water partition coefficient (Wildman–Crippen LogP) is 3.90. The molecule has 1 aliphatic rings. The van der Waals surface area contributed by atoms with E-state index >= 15 is 0 Å². The van der Waals surface area contributed by atoms with Gasteiger partial charge >= 0.3 is 0 Å². The van der Waals surface area contributed by atoms with Crippen molar-refractivity contribution in [2.24, 2.45) is 4.99 Å². The number of aliphatic imine (C=N–C) groups is 1. The van der Waals surface area contributed by atoms with E-state index in [1.54, 1.807) is 6.08 Å². The van der Waals surface area contributed by atoms with Crippen molar-refractivity contribution >= 4 is 17.8 Å². The summed E-state index contributed by atoms with van der Waals surface area (Å²) >= 11 is 0. The third kappa shape index (κ3) is 4.57. The molecule has 0 aromatic heterocycles. The molecule has 0 fully saturated rings. The lowest BCUT2D eigenvalue weighted by Gasteiger charge is -2.03. The number of hydrogen-bond acceptors (Lipinski definition) is 3. The van der Waals surface area contributed by atoms with Crippen molar-refractivity contribution in [3.05, 3.63) is 70.9 Å². The van der Waals surface area contributed by atoms with Crippen LogP contribution in [0.1, 0.15) is 30.0 Å². The first-order chi connectivity index (χ1) is 12.1. The molecule has 0 unspecified atom stereocenters. The molecule has 0 atom stereocenters. The van der Waals surface area contributed by atoms with Crippen molar-refractivity contribution < 1.29 is 9.53 Å². The summed E-state index contributed by atoms with van der Waals surface area (Å²) in [6, 6.07) is 16.1. The number of benzene rings is 2. The standard InChI is InChI=1S/C21H22N2O2/c1-3-25-18-6-4-5-17(13-18)14-19-21(24)23-20(22-19)12-11-16-9-7-15(2)8-10-16/h4-10,13-14H,3,11-12H2,1-2H3,(H,22,23,24)/b19-14+. The van der Waals surface area contributed by atoms with Crippen molar-refractivity contribution in [2.75, 3.05) is 6.61 Å². The van der Waals surface area contributed by atoms with Gasteiger partial charge < -0.3 is 10.1 Å². The largest absolute Gasteiger partial charge is 0.494 e. The summed E-state index contributed by atoms with van der Waals surface area (Å²) in [6.45, 7) is 4.63. The molecule has 0 spiro atoms. The van der Waals surface area contributed by atoms with Gasteiger partial charge in [0.25, 0.3) is 5.91 Å². The fraction of sp³-hybridized carbons (Fsp3) is 0.238. The molecular formula is C21H22N2O2. The molecule has 0 bridgehead atoms. The Morgan fingerprint density at radius 2 is 1.92 bits per heavy atom. The van der Waals surface area contributed by atoms with Gasteiger partial charge in [0.1, 0.15) is 17.3 Å². The summed E-state index contributed by atoms with van der Waals surface area (Å²) < 4.78 is 5.49. The zero-order valence-corrected chi connectivity index (χ0v) is 14.6. The first-order valence-corrected chi connectivity index (χ1v) is 8.53. The maximum absolute atomic E-state index is 12.1. The van der Waals surface area contributed by atoms with E-state index in [4.69, 9.17) is 4.74 Å². The molecule has 0 saturated heterocycles. The molecule has 0 radical (unpaired) electrons. The maximum Gasteiger partial charge on any atom is 0.275 e. The van der Waals surface area contributed by atoms with Gasteiger partial charge in [0.15, 0.2) is 0 Å². The van der Waals surface area contributed by atoms with Gasteiger partial charge in [0.2, 0.25) is 0 Å². The van der Waals surface area contributed by atoms with Crippen LogP contribution in [0.15, 0.2) is 59.2 Å². The van der Waals surface area contributed by atoms with Gasteiger partial charge in [-0.05, 0) is 49.6 Å². The predicted molar refractivity (Wildman–Crippen MR) is 101 cm³/mol. The first kappa shape index (κ1) is 17.0. The van der Waals surface area contributed by atoms with Crippen molar-refractivity contribution in [2.45, 2.75) is 26.7 Å². The lowest BCUT2D eigenvalue weighted by atomic mass is 10.1. The van der Waals surface area contributed by atoms with Gasteiger partial charge in [-0.1, -0.05) is 42.0 Å². The number of nitrogens with one attached hydrogen (secondary N) is 1. The van der Waals surface area contributed by atoms with Crippen LogP contribution < -0.4 is 10.1 Å². The van der Waals surface area contributed by atoms with Crippen LogP contribution in [0.4, 0.5) is 0 Å². The van der Waals surface area contributed by atoms with E-state index < -0.39 is 0 Å². The Kier molecular flexibility index (Phi) is 5.29. The van der Waals surface area contributed by atoms with Crippen LogP contribution in [0, 0.1) is 6.92 Å². The second-order valence-electron chi connectivity index (χ2n) is 6.03. The SMILES string of the molecule is CCOc1cccc(/C=C2/N=C(CCc3ccc(C)cc3)NC2=O)c1. The van der Waals surface area contributed by atoms with E-state index in [0.717, 1.165) is 23.6 Å². The number of rotatable bonds is 6. The summed E-state index contributed by atoms with van der Waals surface area (Å²) in [7, 11) is 0. The quantitative estimate of drug-likeness (QED) is 0.815. The van der Waals surface area contributed by atoms with Crippen molar-refractivity contribution in [1.29, 1.82) is 0 Å². The fourth-order valence-electron chi connectivity index (χ4n) is 2.67. The van der Waals surface area contributed by atoms with Crippen LogP contribution in [0.25, 0.3) is 6.08 Å². The zero-order valence-electron chi connectivity index (χ0n) is 14.6. The number of carbonyl (C=O) groups is 1. The van der Waals surface area contributed by atoms with Crippen LogP contribution in [-0.2, 0) is 11.2 Å². The smallest absolute Gasteiger partial charge is 0.275 e. The highest BCUT2D eigenvalue weighted by molar-refractivity contribution is 6.14. The number of aryl methyl sites for hydroxylation is 2. The Morgan fingerprint density at radius 1 is 1.12 bits per heavy atom. The van der Waals surface area contributed by atoms with Crippen LogP contribution >= 0.6 is 0 Å². The van der Waals surface area contributed by atoms with Gasteiger partial charge in [-0.3, -0.25) is 4.79 Å². The Balaban J connectivity index is 1.69. The lowest BCUT2D eigenvalue weighted by molar-refractivity contribution is -0.115. The van der Waals surface area contributed by atoms with E-state index in [1.165, 1.54) is 11.1 Å². The molecule has 1 aliphatic heterocycles. The van der Waals surface area contributed by atoms with E-state index in [1.807, 2.05) is 31.2 Å². The van der Waals surface area contributed by atoms with E-state index in [2.05, 4.69) is 41.5 Å². The number of amidine groups is 1. The summed E-state index contributed by atoms with van der Waals surface area (Å²) in [5, 5.41) is 2.86. The number of hydrogen-bond donors (Lipinski definition) is 1. The molecular weight excluding hydrogens is 312 g/mol. The molecule has 4 heteroatoms. The Hall–Kier alpha value is -2.88. The second-order valence-corrected chi connectivity index (χ2v) is 6.03. The topological polar surface area (TPSA) is 50.7 Å². The summed E-state index contributed by atoms with van der Waals surface area (Å²) in [4.78, 5) is 16.6. The molecule has 1 amide bonds. The summed E-state index contributed by atoms with van der Waals surface area (Å²) in [5.74, 6) is 1.36. The molecule has 1 N–H and O–H groups in total. The fourth-order valence-corrected chi connectivity index (χ4v) is 2.67. The monoisotopic (exact) mass is 334 g/mol. The molecule has 3 rings (SSSR count). The molecule has 1 heterocycles. The number of carbonyl (C=O) groups excluding carboxylic acids is 1. The first-order valence-electron chi connectivity index (χ1n) is 8.53. The van der Waals surface area contributed by atoms with Crippen LogP contribution in [-0.4, -0.2) is 18.3 Å². The van der Waals surface area contributed by atoms with Gasteiger partial charge in [0, 0.05) is 6.42 Å². The highest BCUT2D eigenvalue weighted by Crippen LogP contribution is 2.18. The molecule has 0 aliphatic carbocycles. The lowest BCUT2D eigenvalue weighted by Crippen LogP contribution is -2.24. The number of ether oxygens (including phenoxy) is 1. The van der Waals surface area contributed by atoms with Gasteiger partial charge in [-0.25, -0.2) is 4.99 Å². The second kappa shape index (κ2) is 7.79. The van der Waals surface area contributed by atoms with Gasteiger partial charge in [-0.2, -0.15) is 0 Å². The van der Waals surface area contributed by atoms with Gasteiger partial charge in [0.05, 0.1) is 6.61 Å². The van der Waals surface area contributed by atoms with E-state index in [-0.39, 0.29) is 5.91 Å². The minimum atomic E-state index is -0.152. The van der Waals surface area contributed by atoms with Gasteiger partial charge in [-0.15, -0.1) is 0 Å². The average Bonchev–Trinajstić information content (AvgIpc) is 2.95. The van der Waals surface area contributed by atoms with E-state index in [9.17, 15) is 4.79 Å². The van der Waals surface area contributed by atoms with Crippen molar-refractivity contribution in [1.82, 2.24) is 5.32 Å². The highest BCUT2D eigenvalue weighted by atomic mass is 16.5.